The minimum atomic E-state index is -4.90. The third-order valence-electron chi connectivity index (χ3n) is 3.63. The van der Waals surface area contributed by atoms with Crippen LogP contribution in [0, 0.1) is 17.2 Å². The minimum Gasteiger partial charge on any atom is -0.373 e. The molecule has 0 saturated carbocycles. The molecule has 0 aromatic heterocycles. The van der Waals surface area contributed by atoms with Crippen molar-refractivity contribution in [3.05, 3.63) is 48.0 Å². The third kappa shape index (κ3) is 3.69. The van der Waals surface area contributed by atoms with E-state index in [1.807, 2.05) is 30.3 Å². The maximum absolute atomic E-state index is 12.8. The maximum atomic E-state index is 12.8. The molecule has 3 nitrogen and oxygen atoms in total. The Morgan fingerprint density at radius 1 is 1.22 bits per heavy atom. The Morgan fingerprint density at radius 3 is 2.48 bits per heavy atom. The van der Waals surface area contributed by atoms with Gasteiger partial charge in [0.2, 0.25) is 5.92 Å². The molecule has 120 valence electrons. The van der Waals surface area contributed by atoms with E-state index in [-0.39, 0.29) is 6.42 Å². The number of fused-ring (bicyclic) bond motifs is 1. The van der Waals surface area contributed by atoms with Gasteiger partial charge >= 0.3 is 6.18 Å². The van der Waals surface area contributed by atoms with Gasteiger partial charge in [-0.15, -0.1) is 0 Å². The van der Waals surface area contributed by atoms with Crippen LogP contribution in [0.25, 0.3) is 10.8 Å². The molecule has 0 saturated heterocycles. The molecular formula is C17H14F3NO2. The second-order valence-electron chi connectivity index (χ2n) is 5.07. The summed E-state index contributed by atoms with van der Waals surface area (Å²) in [4.78, 5) is 12.0. The normalized spacial score (nSPS) is 14.2. The highest BCUT2D eigenvalue weighted by Crippen LogP contribution is 2.29. The first kappa shape index (κ1) is 17.0. The van der Waals surface area contributed by atoms with Crippen LogP contribution in [0.2, 0.25) is 0 Å². The zero-order valence-corrected chi connectivity index (χ0v) is 12.3. The van der Waals surface area contributed by atoms with Crippen molar-refractivity contribution in [1.82, 2.24) is 0 Å². The Bertz CT molecular complexity index is 744. The fourth-order valence-electron chi connectivity index (χ4n) is 2.45. The molecule has 0 fully saturated rings. The average Bonchev–Trinajstić information content (AvgIpc) is 2.51. The lowest BCUT2D eigenvalue weighted by atomic mass is 9.93. The van der Waals surface area contributed by atoms with Crippen LogP contribution < -0.4 is 0 Å². The molecule has 23 heavy (non-hydrogen) atoms. The number of hydrogen-bond acceptors (Lipinski definition) is 3. The van der Waals surface area contributed by atoms with E-state index in [1.165, 1.54) is 7.11 Å². The van der Waals surface area contributed by atoms with E-state index in [0.29, 0.717) is 5.56 Å². The molecule has 0 radical (unpaired) electrons. The standard InChI is InChI=1S/C17H14F3NO2/c1-23-15(16(22)14(10-21)17(18,19)20)9-12-7-4-6-11-5-2-3-8-13(11)12/h2-8,14-15H,9H2,1H3. The second-order valence-corrected chi connectivity index (χ2v) is 5.07. The number of ketones is 1. The molecule has 0 N–H and O–H groups in total. The van der Waals surface area contributed by atoms with E-state index in [9.17, 15) is 18.0 Å². The first-order valence-electron chi connectivity index (χ1n) is 6.88. The van der Waals surface area contributed by atoms with Crippen LogP contribution in [0.15, 0.2) is 42.5 Å². The van der Waals surface area contributed by atoms with Gasteiger partial charge in [0, 0.05) is 13.5 Å². The number of hydrogen-bond donors (Lipinski definition) is 0. The largest absolute Gasteiger partial charge is 0.411 e. The lowest BCUT2D eigenvalue weighted by Gasteiger charge is -2.19. The highest BCUT2D eigenvalue weighted by atomic mass is 19.4. The number of methoxy groups -OCH3 is 1. The Kier molecular flexibility index (Phi) is 5.02. The van der Waals surface area contributed by atoms with E-state index in [0.717, 1.165) is 16.8 Å². The molecule has 2 rings (SSSR count). The van der Waals surface area contributed by atoms with Crippen molar-refractivity contribution in [3.63, 3.8) is 0 Å². The van der Waals surface area contributed by atoms with Gasteiger partial charge in [-0.05, 0) is 16.3 Å². The maximum Gasteiger partial charge on any atom is 0.411 e. The molecule has 0 aliphatic heterocycles. The Balaban J connectivity index is 2.32. The van der Waals surface area contributed by atoms with Gasteiger partial charge in [0.05, 0.1) is 6.07 Å². The van der Waals surface area contributed by atoms with Gasteiger partial charge < -0.3 is 4.74 Å². The van der Waals surface area contributed by atoms with Crippen molar-refractivity contribution in [2.24, 2.45) is 5.92 Å². The monoisotopic (exact) mass is 321 g/mol. The Morgan fingerprint density at radius 2 is 1.87 bits per heavy atom. The summed E-state index contributed by atoms with van der Waals surface area (Å²) < 4.78 is 43.2. The van der Waals surface area contributed by atoms with Gasteiger partial charge in [-0.3, -0.25) is 4.79 Å². The molecule has 2 atom stereocenters. The lowest BCUT2D eigenvalue weighted by Crippen LogP contribution is -2.38. The SMILES string of the molecule is COC(Cc1cccc2ccccc12)C(=O)C(C#N)C(F)(F)F. The quantitative estimate of drug-likeness (QED) is 0.844. The van der Waals surface area contributed by atoms with Crippen LogP contribution in [0.3, 0.4) is 0 Å². The van der Waals surface area contributed by atoms with E-state index in [1.54, 1.807) is 12.1 Å². The van der Waals surface area contributed by atoms with Crippen LogP contribution in [0.4, 0.5) is 13.2 Å². The average molecular weight is 321 g/mol. The van der Waals surface area contributed by atoms with E-state index < -0.39 is 24.0 Å². The van der Waals surface area contributed by atoms with Gasteiger partial charge in [-0.25, -0.2) is 0 Å². The van der Waals surface area contributed by atoms with Gasteiger partial charge in [0.25, 0.3) is 0 Å². The topological polar surface area (TPSA) is 50.1 Å². The number of ether oxygens (including phenoxy) is 1. The minimum absolute atomic E-state index is 0.0229. The van der Waals surface area contributed by atoms with Crippen LogP contribution in [0.5, 0.6) is 0 Å². The summed E-state index contributed by atoms with van der Waals surface area (Å²) in [6, 6.07) is 13.7. The molecule has 0 amide bonds. The van der Waals surface area contributed by atoms with E-state index >= 15 is 0 Å². The van der Waals surface area contributed by atoms with Crippen LogP contribution in [-0.2, 0) is 16.0 Å². The molecular weight excluding hydrogens is 307 g/mol. The summed E-state index contributed by atoms with van der Waals surface area (Å²) in [6.07, 6.45) is -6.25. The lowest BCUT2D eigenvalue weighted by molar-refractivity contribution is -0.175. The number of carbonyl (C=O) groups is 1. The number of carbonyl (C=O) groups excluding carboxylic acids is 1. The predicted octanol–water partition coefficient (Wildman–Crippen LogP) is 3.67. The second kappa shape index (κ2) is 6.80. The van der Waals surface area contributed by atoms with Crippen molar-refractivity contribution < 1.29 is 22.7 Å². The van der Waals surface area contributed by atoms with Crippen molar-refractivity contribution in [3.8, 4) is 6.07 Å². The smallest absolute Gasteiger partial charge is 0.373 e. The highest BCUT2D eigenvalue weighted by molar-refractivity contribution is 5.90. The highest BCUT2D eigenvalue weighted by Gasteiger charge is 2.47. The molecule has 2 aromatic rings. The van der Waals surface area contributed by atoms with E-state index in [2.05, 4.69) is 0 Å². The van der Waals surface area contributed by atoms with Gasteiger partial charge in [-0.2, -0.15) is 18.4 Å². The molecule has 6 heteroatoms. The number of nitrogens with zero attached hydrogens (tertiary/aromatic N) is 1. The van der Waals surface area contributed by atoms with Crippen molar-refractivity contribution in [1.29, 1.82) is 5.26 Å². The fraction of sp³-hybridized carbons (Fsp3) is 0.294. The summed E-state index contributed by atoms with van der Waals surface area (Å²) in [6.45, 7) is 0. The van der Waals surface area contributed by atoms with E-state index in [4.69, 9.17) is 10.00 Å². The number of rotatable bonds is 5. The number of halogens is 3. The summed E-state index contributed by atoms with van der Waals surface area (Å²) in [5.74, 6) is -3.95. The van der Waals surface area contributed by atoms with Gasteiger partial charge in [0.1, 0.15) is 6.10 Å². The summed E-state index contributed by atoms with van der Waals surface area (Å²) in [5, 5.41) is 10.4. The summed E-state index contributed by atoms with van der Waals surface area (Å²) in [7, 11) is 1.17. The summed E-state index contributed by atoms with van der Waals surface area (Å²) >= 11 is 0. The van der Waals surface area contributed by atoms with Crippen molar-refractivity contribution in [2.45, 2.75) is 18.7 Å². The van der Waals surface area contributed by atoms with Crippen LogP contribution >= 0.6 is 0 Å². The fourth-order valence-corrected chi connectivity index (χ4v) is 2.45. The molecule has 0 spiro atoms. The third-order valence-corrected chi connectivity index (χ3v) is 3.63. The summed E-state index contributed by atoms with van der Waals surface area (Å²) in [5.41, 5.74) is 0.696. The number of Topliss-reactive ketones (excluding diaryl/α,β-unsaturated/α-hetero) is 1. The first-order valence-corrected chi connectivity index (χ1v) is 6.88. The number of nitriles is 1. The van der Waals surface area contributed by atoms with Crippen LogP contribution in [-0.4, -0.2) is 25.2 Å². The van der Waals surface area contributed by atoms with Crippen LogP contribution in [0.1, 0.15) is 5.56 Å². The zero-order valence-electron chi connectivity index (χ0n) is 12.3. The van der Waals surface area contributed by atoms with Crippen molar-refractivity contribution >= 4 is 16.6 Å². The zero-order chi connectivity index (χ0) is 17.0. The molecule has 0 heterocycles. The Labute approximate surface area is 131 Å². The molecule has 2 unspecified atom stereocenters. The number of benzene rings is 2. The van der Waals surface area contributed by atoms with Crippen molar-refractivity contribution in [2.75, 3.05) is 7.11 Å². The van der Waals surface area contributed by atoms with Gasteiger partial charge in [-0.1, -0.05) is 42.5 Å². The first-order chi connectivity index (χ1) is 10.9. The molecule has 0 aliphatic rings. The Hall–Kier alpha value is -2.39. The number of alkyl halides is 3. The molecule has 2 aromatic carbocycles. The molecule has 0 aliphatic carbocycles. The van der Waals surface area contributed by atoms with Gasteiger partial charge in [0.15, 0.2) is 5.78 Å². The predicted molar refractivity (Wildman–Crippen MR) is 78.6 cm³/mol. The molecule has 0 bridgehead atoms.